The summed E-state index contributed by atoms with van der Waals surface area (Å²) < 4.78 is 5.72. The summed E-state index contributed by atoms with van der Waals surface area (Å²) in [4.78, 5) is 4.57. The van der Waals surface area contributed by atoms with Gasteiger partial charge in [-0.15, -0.1) is 0 Å². The zero-order chi connectivity index (χ0) is 16.3. The monoisotopic (exact) mass is 317 g/mol. The van der Waals surface area contributed by atoms with Gasteiger partial charge in [0.05, 0.1) is 0 Å². The molecule has 1 aromatic heterocycles. The van der Waals surface area contributed by atoms with E-state index in [1.54, 1.807) is 0 Å². The largest absolute Gasteiger partial charge is 0.424 e. The summed E-state index contributed by atoms with van der Waals surface area (Å²) in [5.41, 5.74) is 8.65. The maximum absolute atomic E-state index is 5.72. The predicted molar refractivity (Wildman–Crippen MR) is 97.9 cm³/mol. The number of aryl methyl sites for hydroxylation is 1. The normalized spacial score (nSPS) is 11.2. The summed E-state index contributed by atoms with van der Waals surface area (Å²) in [5.74, 6) is 0. The van der Waals surface area contributed by atoms with Crippen LogP contribution in [0.1, 0.15) is 63.9 Å². The van der Waals surface area contributed by atoms with Crippen LogP contribution in [0.15, 0.2) is 22.6 Å². The van der Waals surface area contributed by atoms with Crippen molar-refractivity contribution >= 4 is 17.1 Å². The lowest BCUT2D eigenvalue weighted by Crippen LogP contribution is -2.13. The molecule has 0 unspecified atom stereocenters. The van der Waals surface area contributed by atoms with Gasteiger partial charge in [0.1, 0.15) is 5.52 Å². The lowest BCUT2D eigenvalue weighted by Gasteiger charge is -2.03. The Morgan fingerprint density at radius 3 is 2.52 bits per heavy atom. The van der Waals surface area contributed by atoms with Crippen molar-refractivity contribution in [2.45, 2.75) is 64.7 Å². The van der Waals surface area contributed by atoms with Crippen LogP contribution in [0.25, 0.3) is 11.1 Å². The summed E-state index contributed by atoms with van der Waals surface area (Å²) in [6.07, 6.45) is 11.8. The molecular formula is C19H31N3O. The van der Waals surface area contributed by atoms with Gasteiger partial charge in [-0.1, -0.05) is 64.0 Å². The molecule has 0 atom stereocenters. The molecule has 23 heavy (non-hydrogen) atoms. The van der Waals surface area contributed by atoms with E-state index >= 15 is 0 Å². The van der Waals surface area contributed by atoms with Crippen LogP contribution in [-0.2, 0) is 6.42 Å². The molecule has 0 radical (unpaired) electrons. The number of benzene rings is 1. The standard InChI is InChI=1S/C19H31N3O/c1-2-3-4-5-6-7-8-9-11-16-12-10-13-17-18(16)22-19(23-17)21-15-14-20/h10,12-13H,2-9,11,14-15,20H2,1H3,(H,21,22). The molecule has 0 amide bonds. The summed E-state index contributed by atoms with van der Waals surface area (Å²) in [7, 11) is 0. The van der Waals surface area contributed by atoms with Crippen molar-refractivity contribution in [1.82, 2.24) is 4.98 Å². The van der Waals surface area contributed by atoms with Gasteiger partial charge in [0.25, 0.3) is 6.01 Å². The van der Waals surface area contributed by atoms with Crippen LogP contribution < -0.4 is 11.1 Å². The second kappa shape index (κ2) is 10.3. The fourth-order valence-corrected chi connectivity index (χ4v) is 2.91. The van der Waals surface area contributed by atoms with Gasteiger partial charge in [0.2, 0.25) is 0 Å². The number of rotatable bonds is 12. The Hall–Kier alpha value is -1.55. The highest BCUT2D eigenvalue weighted by Crippen LogP contribution is 2.23. The number of aromatic nitrogens is 1. The highest BCUT2D eigenvalue weighted by molar-refractivity contribution is 5.78. The Balaban J connectivity index is 1.77. The molecule has 0 saturated carbocycles. The molecule has 0 aliphatic heterocycles. The van der Waals surface area contributed by atoms with Crippen LogP contribution in [0.5, 0.6) is 0 Å². The molecule has 1 aromatic carbocycles. The second-order valence-corrected chi connectivity index (χ2v) is 6.22. The lowest BCUT2D eigenvalue weighted by molar-refractivity contribution is 0.576. The molecule has 4 heteroatoms. The molecule has 128 valence electrons. The van der Waals surface area contributed by atoms with E-state index in [-0.39, 0.29) is 0 Å². The number of nitrogens with two attached hydrogens (primary N) is 1. The smallest absolute Gasteiger partial charge is 0.295 e. The van der Waals surface area contributed by atoms with Gasteiger partial charge in [-0.3, -0.25) is 0 Å². The average Bonchev–Trinajstić information content (AvgIpc) is 2.99. The van der Waals surface area contributed by atoms with Crippen molar-refractivity contribution in [3.05, 3.63) is 23.8 Å². The highest BCUT2D eigenvalue weighted by atomic mass is 16.4. The van der Waals surface area contributed by atoms with Crippen LogP contribution in [0.2, 0.25) is 0 Å². The molecule has 0 saturated heterocycles. The van der Waals surface area contributed by atoms with Gasteiger partial charge in [-0.25, -0.2) is 0 Å². The summed E-state index contributed by atoms with van der Waals surface area (Å²) >= 11 is 0. The maximum atomic E-state index is 5.72. The maximum Gasteiger partial charge on any atom is 0.295 e. The summed E-state index contributed by atoms with van der Waals surface area (Å²) in [6, 6.07) is 6.78. The molecule has 2 aromatic rings. The van der Waals surface area contributed by atoms with Gasteiger partial charge >= 0.3 is 0 Å². The van der Waals surface area contributed by atoms with Gasteiger partial charge in [-0.05, 0) is 24.5 Å². The number of oxazole rings is 1. The first-order valence-corrected chi connectivity index (χ1v) is 9.17. The fraction of sp³-hybridized carbons (Fsp3) is 0.632. The summed E-state index contributed by atoms with van der Waals surface area (Å²) in [5, 5.41) is 3.11. The van der Waals surface area contributed by atoms with Crippen molar-refractivity contribution in [1.29, 1.82) is 0 Å². The van der Waals surface area contributed by atoms with Crippen molar-refractivity contribution in [2.24, 2.45) is 5.73 Å². The molecule has 0 aliphatic rings. The summed E-state index contributed by atoms with van der Waals surface area (Å²) in [6.45, 7) is 3.52. The molecule has 0 aliphatic carbocycles. The predicted octanol–water partition coefficient (Wildman–Crippen LogP) is 4.88. The number of fused-ring (bicyclic) bond motifs is 1. The van der Waals surface area contributed by atoms with E-state index in [1.807, 2.05) is 6.07 Å². The van der Waals surface area contributed by atoms with E-state index in [4.69, 9.17) is 10.2 Å². The Morgan fingerprint density at radius 1 is 1.04 bits per heavy atom. The molecule has 0 bridgehead atoms. The van der Waals surface area contributed by atoms with Crippen LogP contribution in [0, 0.1) is 0 Å². The van der Waals surface area contributed by atoms with Crippen molar-refractivity contribution in [2.75, 3.05) is 18.4 Å². The van der Waals surface area contributed by atoms with Crippen LogP contribution in [0.4, 0.5) is 6.01 Å². The van der Waals surface area contributed by atoms with Crippen LogP contribution >= 0.6 is 0 Å². The first-order valence-electron chi connectivity index (χ1n) is 9.17. The first kappa shape index (κ1) is 17.8. The molecule has 0 spiro atoms. The number of anilines is 1. The van der Waals surface area contributed by atoms with Gasteiger partial charge < -0.3 is 15.5 Å². The topological polar surface area (TPSA) is 64.1 Å². The van der Waals surface area contributed by atoms with Crippen LogP contribution in [-0.4, -0.2) is 18.1 Å². The number of para-hydroxylation sites is 1. The minimum Gasteiger partial charge on any atom is -0.424 e. The average molecular weight is 317 g/mol. The van der Waals surface area contributed by atoms with Crippen LogP contribution in [0.3, 0.4) is 0 Å². The van der Waals surface area contributed by atoms with Crippen molar-refractivity contribution < 1.29 is 4.42 Å². The zero-order valence-corrected chi connectivity index (χ0v) is 14.4. The number of unbranched alkanes of at least 4 members (excludes halogenated alkanes) is 7. The lowest BCUT2D eigenvalue weighted by atomic mass is 10.0. The SMILES string of the molecule is CCCCCCCCCCc1cccc2oc(NCCN)nc12. The second-order valence-electron chi connectivity index (χ2n) is 6.22. The number of hydrogen-bond acceptors (Lipinski definition) is 4. The molecule has 3 N–H and O–H groups in total. The highest BCUT2D eigenvalue weighted by Gasteiger charge is 2.09. The molecular weight excluding hydrogens is 286 g/mol. The van der Waals surface area contributed by atoms with Gasteiger partial charge in [0.15, 0.2) is 5.58 Å². The molecule has 1 heterocycles. The van der Waals surface area contributed by atoms with E-state index in [0.29, 0.717) is 19.1 Å². The van der Waals surface area contributed by atoms with E-state index in [2.05, 4.69) is 29.4 Å². The van der Waals surface area contributed by atoms with E-state index in [9.17, 15) is 0 Å². The van der Waals surface area contributed by atoms with E-state index < -0.39 is 0 Å². The molecule has 0 fully saturated rings. The third-order valence-corrected chi connectivity index (χ3v) is 4.22. The third-order valence-electron chi connectivity index (χ3n) is 4.22. The van der Waals surface area contributed by atoms with Gasteiger partial charge in [-0.2, -0.15) is 4.98 Å². The Bertz CT molecular complexity index is 565. The minimum atomic E-state index is 0.573. The third kappa shape index (κ3) is 5.87. The molecule has 4 nitrogen and oxygen atoms in total. The molecule has 2 rings (SSSR count). The van der Waals surface area contributed by atoms with Crippen molar-refractivity contribution in [3.63, 3.8) is 0 Å². The first-order chi connectivity index (χ1) is 11.3. The minimum absolute atomic E-state index is 0.573. The van der Waals surface area contributed by atoms with E-state index in [0.717, 1.165) is 17.5 Å². The van der Waals surface area contributed by atoms with Gasteiger partial charge in [0, 0.05) is 13.1 Å². The van der Waals surface area contributed by atoms with E-state index in [1.165, 1.54) is 56.9 Å². The van der Waals surface area contributed by atoms with Crippen molar-refractivity contribution in [3.8, 4) is 0 Å². The number of nitrogens with one attached hydrogen (secondary N) is 1. The fourth-order valence-electron chi connectivity index (χ4n) is 2.91. The Kier molecular flexibility index (Phi) is 7.95. The quantitative estimate of drug-likeness (QED) is 0.547. The number of nitrogens with zero attached hydrogens (tertiary/aromatic N) is 1. The Morgan fingerprint density at radius 2 is 1.78 bits per heavy atom. The zero-order valence-electron chi connectivity index (χ0n) is 14.4. The Labute approximate surface area is 139 Å². The number of hydrogen-bond donors (Lipinski definition) is 2.